The molecule has 0 amide bonds. The van der Waals surface area contributed by atoms with Crippen LogP contribution in [-0.2, 0) is 19.1 Å². The van der Waals surface area contributed by atoms with E-state index in [-0.39, 0.29) is 13.2 Å². The van der Waals surface area contributed by atoms with Crippen LogP contribution in [0.5, 0.6) is 0 Å². The highest BCUT2D eigenvalue weighted by Gasteiger charge is 2.37. The van der Waals surface area contributed by atoms with Gasteiger partial charge in [-0.15, -0.1) is 0 Å². The standard InChI is InChI=1S/C24H25NO5/c1-4-29-23(26)20-16(3)25-22(18-13-14-28-15-18)21(24(27)30-5-2)19(20)12-11-17-9-7-6-8-10-17/h6-15,19,25H,4-5H2,1-3H3/b12-11+. The molecular weight excluding hydrogens is 382 g/mol. The second-order valence-electron chi connectivity index (χ2n) is 6.65. The Morgan fingerprint density at radius 3 is 2.30 bits per heavy atom. The minimum absolute atomic E-state index is 0.216. The highest BCUT2D eigenvalue weighted by atomic mass is 16.5. The van der Waals surface area contributed by atoms with Crippen LogP contribution >= 0.6 is 0 Å². The molecule has 0 aliphatic carbocycles. The molecule has 1 aliphatic rings. The number of rotatable bonds is 7. The van der Waals surface area contributed by atoms with E-state index in [0.29, 0.717) is 28.1 Å². The summed E-state index contributed by atoms with van der Waals surface area (Å²) in [5.74, 6) is -1.62. The zero-order valence-electron chi connectivity index (χ0n) is 17.3. The van der Waals surface area contributed by atoms with Crippen molar-refractivity contribution in [1.82, 2.24) is 5.32 Å². The fraction of sp³-hybridized carbons (Fsp3) is 0.250. The fourth-order valence-electron chi connectivity index (χ4n) is 3.38. The maximum Gasteiger partial charge on any atom is 0.337 e. The Hall–Kier alpha value is -3.54. The SMILES string of the molecule is CCOC(=O)C1=C(C)NC(c2ccoc2)=C(C(=O)OCC)C1/C=C/c1ccccc1. The van der Waals surface area contributed by atoms with Crippen LogP contribution in [0.3, 0.4) is 0 Å². The van der Waals surface area contributed by atoms with Gasteiger partial charge in [0, 0.05) is 17.2 Å². The van der Waals surface area contributed by atoms with Crippen LogP contribution in [0, 0.1) is 5.92 Å². The maximum atomic E-state index is 13.0. The van der Waals surface area contributed by atoms with Crippen LogP contribution in [0.15, 0.2) is 76.3 Å². The van der Waals surface area contributed by atoms with Crippen LogP contribution in [0.1, 0.15) is 31.9 Å². The average molecular weight is 407 g/mol. The first-order valence-electron chi connectivity index (χ1n) is 9.88. The Balaban J connectivity index is 2.16. The number of carbonyl (C=O) groups is 2. The van der Waals surface area contributed by atoms with Gasteiger partial charge >= 0.3 is 11.9 Å². The van der Waals surface area contributed by atoms with Crippen molar-refractivity contribution in [3.8, 4) is 0 Å². The molecule has 1 aliphatic heterocycles. The Morgan fingerprint density at radius 1 is 1.03 bits per heavy atom. The molecule has 0 saturated carbocycles. The van der Waals surface area contributed by atoms with Gasteiger partial charge in [-0.2, -0.15) is 0 Å². The zero-order valence-corrected chi connectivity index (χ0v) is 17.3. The predicted molar refractivity (Wildman–Crippen MR) is 114 cm³/mol. The third kappa shape index (κ3) is 4.54. The molecule has 0 fully saturated rings. The van der Waals surface area contributed by atoms with Crippen LogP contribution < -0.4 is 5.32 Å². The normalized spacial score (nSPS) is 16.6. The average Bonchev–Trinajstić information content (AvgIpc) is 3.27. The number of furan rings is 1. The van der Waals surface area contributed by atoms with Crippen LogP contribution in [0.2, 0.25) is 0 Å². The van der Waals surface area contributed by atoms with Gasteiger partial charge in [-0.05, 0) is 32.4 Å². The van der Waals surface area contributed by atoms with Gasteiger partial charge in [-0.1, -0.05) is 42.5 Å². The van der Waals surface area contributed by atoms with Crippen molar-refractivity contribution in [2.45, 2.75) is 20.8 Å². The molecule has 1 atom stereocenters. The van der Waals surface area contributed by atoms with Crippen molar-refractivity contribution in [3.05, 3.63) is 83.0 Å². The molecule has 1 aromatic carbocycles. The third-order valence-corrected chi connectivity index (χ3v) is 4.69. The van der Waals surface area contributed by atoms with E-state index in [1.807, 2.05) is 42.5 Å². The number of hydrogen-bond acceptors (Lipinski definition) is 6. The summed E-state index contributed by atoms with van der Waals surface area (Å²) in [6, 6.07) is 11.4. The summed E-state index contributed by atoms with van der Waals surface area (Å²) >= 11 is 0. The van der Waals surface area contributed by atoms with Crippen molar-refractivity contribution in [1.29, 1.82) is 0 Å². The van der Waals surface area contributed by atoms with Gasteiger partial charge in [-0.25, -0.2) is 9.59 Å². The lowest BCUT2D eigenvalue weighted by Crippen LogP contribution is -2.33. The third-order valence-electron chi connectivity index (χ3n) is 4.69. The van der Waals surface area contributed by atoms with Gasteiger partial charge in [0.05, 0.1) is 42.6 Å². The van der Waals surface area contributed by atoms with Gasteiger partial charge in [0.2, 0.25) is 0 Å². The molecule has 6 heteroatoms. The van der Waals surface area contributed by atoms with Gasteiger partial charge in [0.25, 0.3) is 0 Å². The molecule has 156 valence electrons. The number of hydrogen-bond donors (Lipinski definition) is 1. The second kappa shape index (κ2) is 9.78. The highest BCUT2D eigenvalue weighted by Crippen LogP contribution is 2.36. The molecular formula is C24H25NO5. The van der Waals surface area contributed by atoms with Crippen molar-refractivity contribution >= 4 is 23.7 Å². The summed E-state index contributed by atoms with van der Waals surface area (Å²) in [6.07, 6.45) is 6.79. The van der Waals surface area contributed by atoms with E-state index in [9.17, 15) is 9.59 Å². The first-order chi connectivity index (χ1) is 14.6. The first-order valence-corrected chi connectivity index (χ1v) is 9.88. The summed E-state index contributed by atoms with van der Waals surface area (Å²) in [6.45, 7) is 5.73. The minimum atomic E-state index is -0.644. The monoisotopic (exact) mass is 407 g/mol. The van der Waals surface area contributed by atoms with Gasteiger partial charge in [0.1, 0.15) is 0 Å². The molecule has 2 heterocycles. The Labute approximate surface area is 175 Å². The lowest BCUT2D eigenvalue weighted by atomic mass is 9.83. The number of esters is 2. The molecule has 1 aromatic heterocycles. The quantitative estimate of drug-likeness (QED) is 0.689. The minimum Gasteiger partial charge on any atom is -0.472 e. The topological polar surface area (TPSA) is 77.8 Å². The van der Waals surface area contributed by atoms with E-state index in [1.54, 1.807) is 33.1 Å². The lowest BCUT2D eigenvalue weighted by molar-refractivity contribution is -0.139. The molecule has 30 heavy (non-hydrogen) atoms. The van der Waals surface area contributed by atoms with Crippen LogP contribution in [-0.4, -0.2) is 25.2 Å². The second-order valence-corrected chi connectivity index (χ2v) is 6.65. The number of nitrogens with one attached hydrogen (secondary N) is 1. The summed E-state index contributed by atoms with van der Waals surface area (Å²) in [5.41, 5.74) is 3.51. The summed E-state index contributed by atoms with van der Waals surface area (Å²) in [4.78, 5) is 25.8. The number of benzene rings is 1. The predicted octanol–water partition coefficient (Wildman–Crippen LogP) is 4.32. The van der Waals surface area contributed by atoms with Crippen molar-refractivity contribution in [3.63, 3.8) is 0 Å². The maximum absolute atomic E-state index is 13.0. The summed E-state index contributed by atoms with van der Waals surface area (Å²) in [7, 11) is 0. The summed E-state index contributed by atoms with van der Waals surface area (Å²) in [5, 5.41) is 3.19. The summed E-state index contributed by atoms with van der Waals surface area (Å²) < 4.78 is 15.8. The lowest BCUT2D eigenvalue weighted by Gasteiger charge is -2.29. The van der Waals surface area contributed by atoms with Gasteiger partial charge < -0.3 is 19.2 Å². The molecule has 6 nitrogen and oxygen atoms in total. The molecule has 2 aromatic rings. The highest BCUT2D eigenvalue weighted by molar-refractivity contribution is 6.04. The molecule has 1 N–H and O–H groups in total. The van der Waals surface area contributed by atoms with Gasteiger partial charge in [0.15, 0.2) is 0 Å². The van der Waals surface area contributed by atoms with E-state index >= 15 is 0 Å². The largest absolute Gasteiger partial charge is 0.472 e. The van der Waals surface area contributed by atoms with Crippen molar-refractivity contribution in [2.24, 2.45) is 5.92 Å². The van der Waals surface area contributed by atoms with E-state index in [0.717, 1.165) is 5.56 Å². The number of ether oxygens (including phenoxy) is 2. The Kier molecular flexibility index (Phi) is 6.91. The number of dihydropyridines is 1. The van der Waals surface area contributed by atoms with E-state index in [2.05, 4.69) is 5.32 Å². The Bertz CT molecular complexity index is 984. The Morgan fingerprint density at radius 2 is 1.70 bits per heavy atom. The van der Waals surface area contributed by atoms with Crippen molar-refractivity contribution in [2.75, 3.05) is 13.2 Å². The van der Waals surface area contributed by atoms with E-state index < -0.39 is 17.9 Å². The smallest absolute Gasteiger partial charge is 0.337 e. The first kappa shape index (κ1) is 21.2. The molecule has 0 saturated heterocycles. The van der Waals surface area contributed by atoms with Crippen LogP contribution in [0.25, 0.3) is 11.8 Å². The molecule has 0 radical (unpaired) electrons. The molecule has 0 spiro atoms. The molecule has 3 rings (SSSR count). The fourth-order valence-corrected chi connectivity index (χ4v) is 3.38. The zero-order chi connectivity index (χ0) is 21.5. The van der Waals surface area contributed by atoms with Crippen molar-refractivity contribution < 1.29 is 23.5 Å². The molecule has 0 bridgehead atoms. The number of allylic oxidation sites excluding steroid dienone is 2. The van der Waals surface area contributed by atoms with Gasteiger partial charge in [-0.3, -0.25) is 0 Å². The van der Waals surface area contributed by atoms with E-state index in [1.165, 1.54) is 6.26 Å². The number of carbonyl (C=O) groups excluding carboxylic acids is 2. The van der Waals surface area contributed by atoms with E-state index in [4.69, 9.17) is 13.9 Å². The van der Waals surface area contributed by atoms with Crippen LogP contribution in [0.4, 0.5) is 0 Å². The molecule has 1 unspecified atom stereocenters.